The maximum Gasteiger partial charge on any atom is 0.0485 e. The molecule has 0 aromatic heterocycles. The van der Waals surface area contributed by atoms with Crippen molar-refractivity contribution in [2.75, 3.05) is 13.1 Å². The molecule has 0 aromatic rings. The van der Waals surface area contributed by atoms with Gasteiger partial charge in [-0.2, -0.15) is 0 Å². The van der Waals surface area contributed by atoms with Crippen LogP contribution < -0.4 is 5.32 Å². The highest BCUT2D eigenvalue weighted by atomic mass is 79.9. The van der Waals surface area contributed by atoms with Gasteiger partial charge in [0.05, 0.1) is 0 Å². The minimum Gasteiger partial charge on any atom is -0.316 e. The van der Waals surface area contributed by atoms with Crippen molar-refractivity contribution in [2.24, 2.45) is 0 Å². The van der Waals surface area contributed by atoms with E-state index < -0.39 is 0 Å². The number of hydrogen-bond donors (Lipinski definition) is 1. The Kier molecular flexibility index (Phi) is 2.60. The van der Waals surface area contributed by atoms with Crippen molar-refractivity contribution < 1.29 is 0 Å². The molecule has 3 heteroatoms. The predicted octanol–water partition coefficient (Wildman–Crippen LogP) is 1.35. The van der Waals surface area contributed by atoms with Gasteiger partial charge < -0.3 is 5.32 Å². The van der Waals surface area contributed by atoms with E-state index in [0.717, 1.165) is 19.5 Å². The summed E-state index contributed by atoms with van der Waals surface area (Å²) in [6.07, 6.45) is 1.08. The van der Waals surface area contributed by atoms with Crippen molar-refractivity contribution in [1.82, 2.24) is 5.32 Å². The molecule has 8 heavy (non-hydrogen) atoms. The van der Waals surface area contributed by atoms with E-state index in [-0.39, 0.29) is 0 Å². The minimum absolute atomic E-state index is 0.330. The molecule has 1 aliphatic rings. The summed E-state index contributed by atoms with van der Waals surface area (Å²) in [4.78, 5) is 0.470. The van der Waals surface area contributed by atoms with E-state index in [2.05, 4.69) is 21.2 Å². The second-order valence-electron chi connectivity index (χ2n) is 2.02. The third-order valence-electron chi connectivity index (χ3n) is 1.33. The SMILES string of the molecule is ClC1CCNCC1Br. The van der Waals surface area contributed by atoms with Crippen molar-refractivity contribution in [3.63, 3.8) is 0 Å². The van der Waals surface area contributed by atoms with Crippen LogP contribution in [0.2, 0.25) is 0 Å². The summed E-state index contributed by atoms with van der Waals surface area (Å²) >= 11 is 9.34. The van der Waals surface area contributed by atoms with Crippen LogP contribution in [0.15, 0.2) is 0 Å². The van der Waals surface area contributed by atoms with Crippen LogP contribution in [-0.2, 0) is 0 Å². The Morgan fingerprint density at radius 1 is 1.62 bits per heavy atom. The molecule has 0 saturated carbocycles. The van der Waals surface area contributed by atoms with Crippen LogP contribution in [0.1, 0.15) is 6.42 Å². The fourth-order valence-electron chi connectivity index (χ4n) is 0.789. The van der Waals surface area contributed by atoms with Crippen LogP contribution in [0.5, 0.6) is 0 Å². The van der Waals surface area contributed by atoms with E-state index in [0.29, 0.717) is 10.2 Å². The Morgan fingerprint density at radius 3 is 2.75 bits per heavy atom. The number of alkyl halides is 2. The second kappa shape index (κ2) is 3.04. The number of rotatable bonds is 0. The molecule has 0 aromatic carbocycles. The van der Waals surface area contributed by atoms with Crippen LogP contribution in [0.4, 0.5) is 0 Å². The highest BCUT2D eigenvalue weighted by molar-refractivity contribution is 9.09. The Bertz CT molecular complexity index is 68.8. The van der Waals surface area contributed by atoms with Crippen LogP contribution in [-0.4, -0.2) is 23.3 Å². The topological polar surface area (TPSA) is 12.0 Å². The molecular weight excluding hydrogens is 189 g/mol. The van der Waals surface area contributed by atoms with Gasteiger partial charge in [-0.05, 0) is 13.0 Å². The summed E-state index contributed by atoms with van der Waals surface area (Å²) in [6.45, 7) is 2.07. The summed E-state index contributed by atoms with van der Waals surface area (Å²) in [6, 6.07) is 0. The van der Waals surface area contributed by atoms with Gasteiger partial charge in [-0.25, -0.2) is 0 Å². The van der Waals surface area contributed by atoms with E-state index in [1.54, 1.807) is 0 Å². The van der Waals surface area contributed by atoms with E-state index in [9.17, 15) is 0 Å². The molecule has 1 heterocycles. The number of halogens is 2. The van der Waals surface area contributed by atoms with Gasteiger partial charge in [0.15, 0.2) is 0 Å². The minimum atomic E-state index is 0.330. The molecule has 0 aliphatic carbocycles. The van der Waals surface area contributed by atoms with Gasteiger partial charge in [0.2, 0.25) is 0 Å². The van der Waals surface area contributed by atoms with Crippen molar-refractivity contribution in [2.45, 2.75) is 16.6 Å². The van der Waals surface area contributed by atoms with E-state index >= 15 is 0 Å². The molecule has 1 aliphatic heterocycles. The Labute approximate surface area is 62.9 Å². The summed E-state index contributed by atoms with van der Waals surface area (Å²) in [5.41, 5.74) is 0. The fourth-order valence-corrected chi connectivity index (χ4v) is 1.48. The fraction of sp³-hybridized carbons (Fsp3) is 1.00. The highest BCUT2D eigenvalue weighted by Gasteiger charge is 2.18. The zero-order chi connectivity index (χ0) is 5.98. The van der Waals surface area contributed by atoms with Crippen molar-refractivity contribution in [1.29, 1.82) is 0 Å². The van der Waals surface area contributed by atoms with Gasteiger partial charge in [-0.1, -0.05) is 15.9 Å². The zero-order valence-electron chi connectivity index (χ0n) is 4.53. The van der Waals surface area contributed by atoms with E-state index in [1.165, 1.54) is 0 Å². The average molecular weight is 198 g/mol. The van der Waals surface area contributed by atoms with Gasteiger partial charge in [-0.3, -0.25) is 0 Å². The van der Waals surface area contributed by atoms with Crippen LogP contribution in [0, 0.1) is 0 Å². The normalized spacial score (nSPS) is 39.8. The third kappa shape index (κ3) is 1.61. The van der Waals surface area contributed by atoms with Crippen LogP contribution in [0.3, 0.4) is 0 Å². The molecular formula is C5H9BrClN. The van der Waals surface area contributed by atoms with E-state index in [4.69, 9.17) is 11.6 Å². The summed E-state index contributed by atoms with van der Waals surface area (Å²) in [5, 5.41) is 3.56. The number of nitrogens with one attached hydrogen (secondary N) is 1. The predicted molar refractivity (Wildman–Crippen MR) is 39.8 cm³/mol. The first-order valence-corrected chi connectivity index (χ1v) is 4.15. The molecule has 2 unspecified atom stereocenters. The van der Waals surface area contributed by atoms with Gasteiger partial charge in [-0.15, -0.1) is 11.6 Å². The van der Waals surface area contributed by atoms with E-state index in [1.807, 2.05) is 0 Å². The van der Waals surface area contributed by atoms with Crippen LogP contribution in [0.25, 0.3) is 0 Å². The van der Waals surface area contributed by atoms with Crippen molar-refractivity contribution in [3.05, 3.63) is 0 Å². The Hall–Kier alpha value is 0.730. The first-order valence-electron chi connectivity index (χ1n) is 2.79. The lowest BCUT2D eigenvalue weighted by atomic mass is 10.2. The van der Waals surface area contributed by atoms with Gasteiger partial charge >= 0.3 is 0 Å². The summed E-state index contributed by atoms with van der Waals surface area (Å²) < 4.78 is 0. The standard InChI is InChI=1S/C5H9BrClN/c6-4-3-8-2-1-5(4)7/h4-5,8H,1-3H2. The molecule has 1 nitrogen and oxygen atoms in total. The van der Waals surface area contributed by atoms with Crippen molar-refractivity contribution >= 4 is 27.5 Å². The smallest absolute Gasteiger partial charge is 0.0485 e. The molecule has 1 rings (SSSR count). The zero-order valence-corrected chi connectivity index (χ0v) is 6.87. The first-order chi connectivity index (χ1) is 3.80. The largest absolute Gasteiger partial charge is 0.316 e. The quantitative estimate of drug-likeness (QED) is 0.580. The number of hydrogen-bond acceptors (Lipinski definition) is 1. The lowest BCUT2D eigenvalue weighted by Crippen LogP contribution is -2.37. The molecule has 2 atom stereocenters. The second-order valence-corrected chi connectivity index (χ2v) is 3.76. The van der Waals surface area contributed by atoms with Crippen molar-refractivity contribution in [3.8, 4) is 0 Å². The maximum atomic E-state index is 5.88. The third-order valence-corrected chi connectivity index (χ3v) is 3.12. The highest BCUT2D eigenvalue weighted by Crippen LogP contribution is 2.17. The molecule has 48 valence electrons. The summed E-state index contributed by atoms with van der Waals surface area (Å²) in [5.74, 6) is 0. The lowest BCUT2D eigenvalue weighted by molar-refractivity contribution is 0.543. The van der Waals surface area contributed by atoms with Gasteiger partial charge in [0.25, 0.3) is 0 Å². The number of piperidine rings is 1. The van der Waals surface area contributed by atoms with Gasteiger partial charge in [0.1, 0.15) is 0 Å². The molecule has 1 fully saturated rings. The Balaban J connectivity index is 2.28. The molecule has 0 bridgehead atoms. The van der Waals surface area contributed by atoms with Crippen LogP contribution >= 0.6 is 27.5 Å². The lowest BCUT2D eigenvalue weighted by Gasteiger charge is -2.22. The molecule has 1 saturated heterocycles. The molecule has 1 N–H and O–H groups in total. The Morgan fingerprint density at radius 2 is 2.38 bits per heavy atom. The van der Waals surface area contributed by atoms with Gasteiger partial charge in [0, 0.05) is 16.7 Å². The maximum absolute atomic E-state index is 5.88. The molecule has 0 radical (unpaired) electrons. The monoisotopic (exact) mass is 197 g/mol. The molecule has 0 amide bonds. The first kappa shape index (κ1) is 6.84. The average Bonchev–Trinajstić information content (AvgIpc) is 1.77. The molecule has 0 spiro atoms. The summed E-state index contributed by atoms with van der Waals surface area (Å²) in [7, 11) is 0.